The lowest BCUT2D eigenvalue weighted by Crippen LogP contribution is -2.51. The first kappa shape index (κ1) is 18.5. The van der Waals surface area contributed by atoms with E-state index in [4.69, 9.17) is 4.74 Å². The molecule has 0 saturated heterocycles. The number of nitrogens with zero attached hydrogens (tertiary/aromatic N) is 1. The molecule has 0 fully saturated rings. The second-order valence-electron chi connectivity index (χ2n) is 6.05. The summed E-state index contributed by atoms with van der Waals surface area (Å²) in [6.07, 6.45) is 2.20. The second kappa shape index (κ2) is 7.61. The van der Waals surface area contributed by atoms with E-state index in [2.05, 4.69) is 20.6 Å². The molecule has 0 spiro atoms. The minimum absolute atomic E-state index is 0.0558. The normalized spacial score (nSPS) is 13.7. The van der Waals surface area contributed by atoms with Crippen LogP contribution in [0.4, 0.5) is 4.79 Å². The van der Waals surface area contributed by atoms with Crippen LogP contribution in [0.3, 0.4) is 0 Å². The van der Waals surface area contributed by atoms with E-state index in [1.54, 1.807) is 20.8 Å². The third-order valence-corrected chi connectivity index (χ3v) is 2.72. The van der Waals surface area contributed by atoms with Crippen LogP contribution in [0, 0.1) is 0 Å². The van der Waals surface area contributed by atoms with E-state index in [1.807, 2.05) is 0 Å². The maximum atomic E-state index is 12.0. The molecule has 0 radical (unpaired) electrons. The SMILES string of the molecule is C[C@@H](NC(=O)OC(C)(C)C)C(=O)N[C@@H](Cc1cnc[nH]1)C(=O)O. The van der Waals surface area contributed by atoms with Gasteiger partial charge in [-0.1, -0.05) is 0 Å². The van der Waals surface area contributed by atoms with Crippen LogP contribution in [-0.4, -0.2) is 50.7 Å². The summed E-state index contributed by atoms with van der Waals surface area (Å²) < 4.78 is 5.04. The lowest BCUT2D eigenvalue weighted by Gasteiger charge is -2.22. The van der Waals surface area contributed by atoms with Gasteiger partial charge in [-0.15, -0.1) is 0 Å². The number of carboxylic acids is 1. The van der Waals surface area contributed by atoms with Crippen molar-refractivity contribution in [1.82, 2.24) is 20.6 Å². The van der Waals surface area contributed by atoms with E-state index in [9.17, 15) is 19.5 Å². The van der Waals surface area contributed by atoms with Crippen LogP contribution in [0.5, 0.6) is 0 Å². The molecule has 1 rings (SSSR count). The molecule has 0 aliphatic carbocycles. The number of hydrogen-bond acceptors (Lipinski definition) is 5. The van der Waals surface area contributed by atoms with E-state index in [0.717, 1.165) is 0 Å². The van der Waals surface area contributed by atoms with Crippen LogP contribution in [0.15, 0.2) is 12.5 Å². The summed E-state index contributed by atoms with van der Waals surface area (Å²) in [4.78, 5) is 41.4. The summed E-state index contributed by atoms with van der Waals surface area (Å²) >= 11 is 0. The number of rotatable bonds is 6. The molecule has 1 heterocycles. The molecular weight excluding hydrogens is 304 g/mol. The number of ether oxygens (including phenoxy) is 1. The molecule has 0 aliphatic rings. The summed E-state index contributed by atoms with van der Waals surface area (Å²) in [5.41, 5.74) is -0.115. The van der Waals surface area contributed by atoms with Gasteiger partial charge < -0.3 is 25.5 Å². The molecule has 23 heavy (non-hydrogen) atoms. The Labute approximate surface area is 133 Å². The number of nitrogens with one attached hydrogen (secondary N) is 3. The first-order chi connectivity index (χ1) is 10.6. The number of aromatic nitrogens is 2. The van der Waals surface area contributed by atoms with Crippen molar-refractivity contribution < 1.29 is 24.2 Å². The van der Waals surface area contributed by atoms with E-state index >= 15 is 0 Å². The molecule has 1 aromatic heterocycles. The number of hydrogen-bond donors (Lipinski definition) is 4. The number of alkyl carbamates (subject to hydrolysis) is 1. The van der Waals surface area contributed by atoms with Crippen molar-refractivity contribution in [2.24, 2.45) is 0 Å². The van der Waals surface area contributed by atoms with E-state index in [-0.39, 0.29) is 6.42 Å². The molecule has 4 N–H and O–H groups in total. The lowest BCUT2D eigenvalue weighted by molar-refractivity contribution is -0.142. The molecule has 0 unspecified atom stereocenters. The molecule has 0 saturated carbocycles. The highest BCUT2D eigenvalue weighted by Gasteiger charge is 2.26. The van der Waals surface area contributed by atoms with Crippen molar-refractivity contribution in [1.29, 1.82) is 0 Å². The highest BCUT2D eigenvalue weighted by Crippen LogP contribution is 2.07. The topological polar surface area (TPSA) is 133 Å². The van der Waals surface area contributed by atoms with Crippen molar-refractivity contribution in [2.45, 2.75) is 51.8 Å². The van der Waals surface area contributed by atoms with E-state index in [0.29, 0.717) is 5.69 Å². The number of aliphatic carboxylic acids is 1. The Morgan fingerprint density at radius 2 is 2.00 bits per heavy atom. The van der Waals surface area contributed by atoms with Crippen LogP contribution in [0.2, 0.25) is 0 Å². The first-order valence-electron chi connectivity index (χ1n) is 7.08. The minimum atomic E-state index is -1.18. The van der Waals surface area contributed by atoms with Crippen LogP contribution in [-0.2, 0) is 20.7 Å². The number of H-pyrrole nitrogens is 1. The van der Waals surface area contributed by atoms with Gasteiger partial charge in [-0.3, -0.25) is 4.79 Å². The molecule has 9 heteroatoms. The zero-order chi connectivity index (χ0) is 17.6. The van der Waals surface area contributed by atoms with Crippen molar-refractivity contribution in [3.8, 4) is 0 Å². The zero-order valence-corrected chi connectivity index (χ0v) is 13.5. The average Bonchev–Trinajstić information content (AvgIpc) is 2.88. The largest absolute Gasteiger partial charge is 0.480 e. The Morgan fingerprint density at radius 1 is 1.35 bits per heavy atom. The summed E-state index contributed by atoms with van der Waals surface area (Å²) in [5.74, 6) is -1.81. The van der Waals surface area contributed by atoms with Crippen LogP contribution in [0.25, 0.3) is 0 Å². The Hall–Kier alpha value is -2.58. The fourth-order valence-corrected chi connectivity index (χ4v) is 1.66. The molecule has 1 aromatic rings. The smallest absolute Gasteiger partial charge is 0.408 e. The third kappa shape index (κ3) is 6.81. The Morgan fingerprint density at radius 3 is 2.48 bits per heavy atom. The number of carbonyl (C=O) groups is 3. The van der Waals surface area contributed by atoms with Gasteiger partial charge in [0.2, 0.25) is 5.91 Å². The van der Waals surface area contributed by atoms with Gasteiger partial charge in [0.25, 0.3) is 0 Å². The Balaban J connectivity index is 2.57. The third-order valence-electron chi connectivity index (χ3n) is 2.72. The van der Waals surface area contributed by atoms with Gasteiger partial charge in [-0.05, 0) is 27.7 Å². The number of imidazole rings is 1. The Kier molecular flexibility index (Phi) is 6.11. The standard InChI is InChI=1S/C14H22N4O5/c1-8(17-13(22)23-14(2,3)4)11(19)18-10(12(20)21)5-9-6-15-7-16-9/h6-8,10H,5H2,1-4H3,(H,15,16)(H,17,22)(H,18,19)(H,20,21)/t8-,10+/m1/s1. The van der Waals surface area contributed by atoms with Gasteiger partial charge in [-0.2, -0.15) is 0 Å². The highest BCUT2D eigenvalue weighted by molar-refractivity contribution is 5.89. The van der Waals surface area contributed by atoms with Crippen molar-refractivity contribution in [3.05, 3.63) is 18.2 Å². The molecule has 0 aromatic carbocycles. The lowest BCUT2D eigenvalue weighted by atomic mass is 10.1. The first-order valence-corrected chi connectivity index (χ1v) is 7.08. The molecule has 128 valence electrons. The number of carboxylic acid groups (broad SMARTS) is 1. The van der Waals surface area contributed by atoms with Gasteiger partial charge in [-0.25, -0.2) is 14.6 Å². The van der Waals surface area contributed by atoms with Gasteiger partial charge in [0.05, 0.1) is 6.33 Å². The molecule has 2 atom stereocenters. The molecular formula is C14H22N4O5. The molecule has 0 bridgehead atoms. The summed E-state index contributed by atoms with van der Waals surface area (Å²) in [7, 11) is 0. The van der Waals surface area contributed by atoms with E-state index < -0.39 is 35.7 Å². The predicted octanol–water partition coefficient (Wildman–Crippen LogP) is 0.435. The monoisotopic (exact) mass is 326 g/mol. The molecule has 2 amide bonds. The maximum absolute atomic E-state index is 12.0. The molecule has 9 nitrogen and oxygen atoms in total. The summed E-state index contributed by atoms with van der Waals surface area (Å²) in [5, 5.41) is 13.9. The van der Waals surface area contributed by atoms with Gasteiger partial charge >= 0.3 is 12.1 Å². The fraction of sp³-hybridized carbons (Fsp3) is 0.571. The summed E-state index contributed by atoms with van der Waals surface area (Å²) in [6, 6.07) is -2.07. The van der Waals surface area contributed by atoms with Gasteiger partial charge in [0, 0.05) is 18.3 Å². The predicted molar refractivity (Wildman–Crippen MR) is 80.7 cm³/mol. The second-order valence-corrected chi connectivity index (χ2v) is 6.05. The van der Waals surface area contributed by atoms with Crippen molar-refractivity contribution >= 4 is 18.0 Å². The Bertz CT molecular complexity index is 550. The minimum Gasteiger partial charge on any atom is -0.480 e. The highest BCUT2D eigenvalue weighted by atomic mass is 16.6. The van der Waals surface area contributed by atoms with Crippen LogP contribution >= 0.6 is 0 Å². The van der Waals surface area contributed by atoms with Crippen molar-refractivity contribution in [3.63, 3.8) is 0 Å². The number of aromatic amines is 1. The number of amides is 2. The average molecular weight is 326 g/mol. The number of carbonyl (C=O) groups excluding carboxylic acids is 2. The summed E-state index contributed by atoms with van der Waals surface area (Å²) in [6.45, 7) is 6.53. The maximum Gasteiger partial charge on any atom is 0.408 e. The van der Waals surface area contributed by atoms with Crippen LogP contribution < -0.4 is 10.6 Å². The zero-order valence-electron chi connectivity index (χ0n) is 13.5. The quantitative estimate of drug-likeness (QED) is 0.599. The molecule has 0 aliphatic heterocycles. The van der Waals surface area contributed by atoms with Crippen molar-refractivity contribution in [2.75, 3.05) is 0 Å². The van der Waals surface area contributed by atoms with Gasteiger partial charge in [0.15, 0.2) is 0 Å². The van der Waals surface area contributed by atoms with Gasteiger partial charge in [0.1, 0.15) is 17.7 Å². The van der Waals surface area contributed by atoms with Crippen LogP contribution in [0.1, 0.15) is 33.4 Å². The fourth-order valence-electron chi connectivity index (χ4n) is 1.66. The van der Waals surface area contributed by atoms with E-state index in [1.165, 1.54) is 19.4 Å².